The van der Waals surface area contributed by atoms with E-state index in [1.54, 1.807) is 12.1 Å². The Morgan fingerprint density at radius 3 is 2.67 bits per heavy atom. The number of halogens is 1. The van der Waals surface area contributed by atoms with Gasteiger partial charge in [0.1, 0.15) is 11.6 Å². The van der Waals surface area contributed by atoms with Crippen LogP contribution in [-0.4, -0.2) is 13.2 Å². The summed E-state index contributed by atoms with van der Waals surface area (Å²) in [5.74, 6) is 1.26. The van der Waals surface area contributed by atoms with E-state index in [1.807, 2.05) is 0 Å². The lowest BCUT2D eigenvalue weighted by molar-refractivity contribution is 0.307. The summed E-state index contributed by atoms with van der Waals surface area (Å²) >= 11 is 0. The molecule has 0 radical (unpaired) electrons. The Morgan fingerprint density at radius 2 is 2.06 bits per heavy atom. The van der Waals surface area contributed by atoms with Gasteiger partial charge in [-0.15, -0.1) is 0 Å². The van der Waals surface area contributed by atoms with Gasteiger partial charge in [-0.3, -0.25) is 0 Å². The van der Waals surface area contributed by atoms with E-state index in [0.717, 1.165) is 24.2 Å². The molecule has 0 bridgehead atoms. The molecule has 1 aromatic carbocycles. The van der Waals surface area contributed by atoms with Crippen molar-refractivity contribution in [3.63, 3.8) is 0 Å². The topological polar surface area (TPSA) is 35.2 Å². The highest BCUT2D eigenvalue weighted by Crippen LogP contribution is 2.33. The summed E-state index contributed by atoms with van der Waals surface area (Å²) in [5, 5.41) is 0. The summed E-state index contributed by atoms with van der Waals surface area (Å²) in [6.07, 6.45) is 1.88. The van der Waals surface area contributed by atoms with Gasteiger partial charge >= 0.3 is 0 Å². The molecule has 2 unspecified atom stereocenters. The lowest BCUT2D eigenvalue weighted by atomic mass is 9.86. The van der Waals surface area contributed by atoms with E-state index in [4.69, 9.17) is 10.5 Å². The Bertz CT molecular complexity index is 368. The Kier molecular flexibility index (Phi) is 6.13. The lowest BCUT2D eigenvalue weighted by Crippen LogP contribution is -2.13. The van der Waals surface area contributed by atoms with Crippen LogP contribution in [0, 0.1) is 11.7 Å². The summed E-state index contributed by atoms with van der Waals surface area (Å²) in [5.41, 5.74) is 6.54. The molecule has 0 heterocycles. The molecule has 0 amide bonds. The number of hydrogen-bond donors (Lipinski definition) is 1. The molecule has 0 aromatic heterocycles. The minimum atomic E-state index is -0.208. The van der Waals surface area contributed by atoms with Gasteiger partial charge in [-0.05, 0) is 49.4 Å². The van der Waals surface area contributed by atoms with Gasteiger partial charge in [-0.2, -0.15) is 0 Å². The number of nitrogens with two attached hydrogens (primary N) is 1. The second kappa shape index (κ2) is 7.37. The molecule has 0 aliphatic carbocycles. The van der Waals surface area contributed by atoms with Crippen LogP contribution in [0.2, 0.25) is 0 Å². The van der Waals surface area contributed by atoms with Crippen LogP contribution in [0.4, 0.5) is 4.39 Å². The molecule has 3 heteroatoms. The molecular formula is C15H24FNO. The zero-order valence-corrected chi connectivity index (χ0v) is 11.6. The van der Waals surface area contributed by atoms with Crippen LogP contribution in [0.3, 0.4) is 0 Å². The SMILES string of the molecule is CCCOc1ccc(F)cc1C(C)C(C)CCN. The molecule has 18 heavy (non-hydrogen) atoms. The zero-order chi connectivity index (χ0) is 13.5. The smallest absolute Gasteiger partial charge is 0.123 e. The van der Waals surface area contributed by atoms with E-state index in [9.17, 15) is 4.39 Å². The Balaban J connectivity index is 2.92. The average Bonchev–Trinajstić information content (AvgIpc) is 2.36. The second-order valence-corrected chi connectivity index (χ2v) is 4.87. The van der Waals surface area contributed by atoms with Gasteiger partial charge in [-0.25, -0.2) is 4.39 Å². The molecule has 0 fully saturated rings. The molecule has 2 atom stereocenters. The number of ether oxygens (including phenoxy) is 1. The molecule has 1 aromatic rings. The molecule has 0 saturated heterocycles. The van der Waals surface area contributed by atoms with Crippen LogP contribution >= 0.6 is 0 Å². The lowest BCUT2D eigenvalue weighted by Gasteiger charge is -2.22. The van der Waals surface area contributed by atoms with Crippen LogP contribution in [0.5, 0.6) is 5.75 Å². The van der Waals surface area contributed by atoms with Crippen LogP contribution in [0.1, 0.15) is 45.1 Å². The van der Waals surface area contributed by atoms with E-state index < -0.39 is 0 Å². The first-order valence-electron chi connectivity index (χ1n) is 6.72. The largest absolute Gasteiger partial charge is 0.493 e. The first-order chi connectivity index (χ1) is 8.60. The van der Waals surface area contributed by atoms with Crippen molar-refractivity contribution in [1.82, 2.24) is 0 Å². The molecule has 2 nitrogen and oxygen atoms in total. The van der Waals surface area contributed by atoms with Crippen LogP contribution < -0.4 is 10.5 Å². The van der Waals surface area contributed by atoms with Crippen molar-refractivity contribution >= 4 is 0 Å². The Hall–Kier alpha value is -1.09. The first-order valence-corrected chi connectivity index (χ1v) is 6.72. The molecule has 102 valence electrons. The van der Waals surface area contributed by atoms with Crippen molar-refractivity contribution in [2.75, 3.05) is 13.2 Å². The highest BCUT2D eigenvalue weighted by molar-refractivity contribution is 5.37. The molecule has 1 rings (SSSR count). The summed E-state index contributed by atoms with van der Waals surface area (Å²) < 4.78 is 19.1. The third-order valence-corrected chi connectivity index (χ3v) is 3.40. The average molecular weight is 253 g/mol. The molecule has 0 spiro atoms. The minimum absolute atomic E-state index is 0.208. The maximum Gasteiger partial charge on any atom is 0.123 e. The second-order valence-electron chi connectivity index (χ2n) is 4.87. The van der Waals surface area contributed by atoms with Gasteiger partial charge in [0.2, 0.25) is 0 Å². The van der Waals surface area contributed by atoms with Crippen molar-refractivity contribution in [2.24, 2.45) is 11.7 Å². The zero-order valence-electron chi connectivity index (χ0n) is 11.6. The molecular weight excluding hydrogens is 229 g/mol. The fourth-order valence-electron chi connectivity index (χ4n) is 2.04. The predicted octanol–water partition coefficient (Wildman–Crippen LogP) is 3.70. The van der Waals surface area contributed by atoms with Crippen molar-refractivity contribution in [3.05, 3.63) is 29.6 Å². The van der Waals surface area contributed by atoms with Crippen LogP contribution in [0.25, 0.3) is 0 Å². The van der Waals surface area contributed by atoms with Crippen LogP contribution in [-0.2, 0) is 0 Å². The van der Waals surface area contributed by atoms with E-state index >= 15 is 0 Å². The predicted molar refractivity (Wildman–Crippen MR) is 73.4 cm³/mol. The van der Waals surface area contributed by atoms with Crippen molar-refractivity contribution in [1.29, 1.82) is 0 Å². The first kappa shape index (κ1) is 15.0. The van der Waals surface area contributed by atoms with Crippen molar-refractivity contribution in [2.45, 2.75) is 39.5 Å². The molecule has 0 aliphatic heterocycles. The molecule has 0 saturated carbocycles. The van der Waals surface area contributed by atoms with E-state index in [1.165, 1.54) is 6.07 Å². The quantitative estimate of drug-likeness (QED) is 0.804. The van der Waals surface area contributed by atoms with Gasteiger partial charge in [0.25, 0.3) is 0 Å². The van der Waals surface area contributed by atoms with E-state index in [0.29, 0.717) is 19.1 Å². The fourth-order valence-corrected chi connectivity index (χ4v) is 2.04. The van der Waals surface area contributed by atoms with Crippen molar-refractivity contribution < 1.29 is 9.13 Å². The summed E-state index contributed by atoms with van der Waals surface area (Å²) in [4.78, 5) is 0. The van der Waals surface area contributed by atoms with E-state index in [2.05, 4.69) is 20.8 Å². The monoisotopic (exact) mass is 253 g/mol. The third kappa shape index (κ3) is 3.98. The maximum atomic E-state index is 13.4. The Morgan fingerprint density at radius 1 is 1.33 bits per heavy atom. The van der Waals surface area contributed by atoms with Crippen molar-refractivity contribution in [3.8, 4) is 5.75 Å². The Labute approximate surface area is 109 Å². The van der Waals surface area contributed by atoms with Gasteiger partial charge in [-0.1, -0.05) is 20.8 Å². The standard InChI is InChI=1S/C15H24FNO/c1-4-9-18-15-6-5-13(16)10-14(15)12(3)11(2)7-8-17/h5-6,10-12H,4,7-9,17H2,1-3H3. The van der Waals surface area contributed by atoms with Crippen LogP contribution in [0.15, 0.2) is 18.2 Å². The number of rotatable bonds is 7. The number of benzene rings is 1. The van der Waals surface area contributed by atoms with Gasteiger partial charge in [0.05, 0.1) is 6.61 Å². The molecule has 2 N–H and O–H groups in total. The fraction of sp³-hybridized carbons (Fsp3) is 0.600. The summed E-state index contributed by atoms with van der Waals surface area (Å²) in [7, 11) is 0. The summed E-state index contributed by atoms with van der Waals surface area (Å²) in [6, 6.07) is 4.77. The highest BCUT2D eigenvalue weighted by atomic mass is 19.1. The maximum absolute atomic E-state index is 13.4. The summed E-state index contributed by atoms with van der Waals surface area (Å²) in [6.45, 7) is 7.63. The number of hydrogen-bond acceptors (Lipinski definition) is 2. The van der Waals surface area contributed by atoms with E-state index in [-0.39, 0.29) is 11.7 Å². The van der Waals surface area contributed by atoms with Gasteiger partial charge in [0.15, 0.2) is 0 Å². The molecule has 0 aliphatic rings. The highest BCUT2D eigenvalue weighted by Gasteiger charge is 2.18. The normalized spacial score (nSPS) is 14.3. The minimum Gasteiger partial charge on any atom is -0.493 e. The third-order valence-electron chi connectivity index (χ3n) is 3.40. The van der Waals surface area contributed by atoms with Gasteiger partial charge in [0, 0.05) is 5.56 Å². The van der Waals surface area contributed by atoms with Gasteiger partial charge < -0.3 is 10.5 Å².